The van der Waals surface area contributed by atoms with Gasteiger partial charge < -0.3 is 10.6 Å². The van der Waals surface area contributed by atoms with Crippen molar-refractivity contribution in [1.29, 1.82) is 0 Å². The van der Waals surface area contributed by atoms with Gasteiger partial charge in [-0.25, -0.2) is 0 Å². The Morgan fingerprint density at radius 1 is 1.10 bits per heavy atom. The number of rotatable bonds is 6. The van der Waals surface area contributed by atoms with Gasteiger partial charge in [0.25, 0.3) is 5.91 Å². The van der Waals surface area contributed by atoms with Crippen LogP contribution in [0.5, 0.6) is 0 Å². The summed E-state index contributed by atoms with van der Waals surface area (Å²) in [6, 6.07) is 16.8. The smallest absolute Gasteiger partial charge is 0.254 e. The van der Waals surface area contributed by atoms with Crippen molar-refractivity contribution in [3.63, 3.8) is 0 Å². The highest BCUT2D eigenvalue weighted by molar-refractivity contribution is 7.80. The molecule has 0 spiro atoms. The molecule has 166 valence electrons. The summed E-state index contributed by atoms with van der Waals surface area (Å²) in [5.41, 5.74) is 10.5. The molecular formula is C23H33Cl2N3OS. The monoisotopic (exact) mass is 469 g/mol. The molecule has 2 N–H and O–H groups in total. The van der Waals surface area contributed by atoms with Crippen molar-refractivity contribution in [2.24, 2.45) is 5.73 Å². The van der Waals surface area contributed by atoms with Crippen LogP contribution in [0.25, 0.3) is 0 Å². The average molecular weight is 471 g/mol. The van der Waals surface area contributed by atoms with Crippen molar-refractivity contribution in [3.05, 3.63) is 70.8 Å². The Labute approximate surface area is 198 Å². The third-order valence-corrected chi connectivity index (χ3v) is 6.21. The third-order valence-electron chi connectivity index (χ3n) is 5.74. The molecule has 1 aliphatic rings. The molecular weight excluding hydrogens is 437 g/mol. The molecule has 0 saturated carbocycles. The molecule has 1 heterocycles. The Morgan fingerprint density at radius 2 is 1.80 bits per heavy atom. The molecule has 1 unspecified atom stereocenters. The first-order valence-corrected chi connectivity index (χ1v) is 10.6. The maximum atomic E-state index is 13.2. The number of hydrogen-bond acceptors (Lipinski definition) is 4. The molecule has 0 aliphatic carbocycles. The largest absolute Gasteiger partial charge is 0.336 e. The Balaban J connectivity index is 0.00000225. The zero-order valence-electron chi connectivity index (χ0n) is 17.7. The van der Waals surface area contributed by atoms with Gasteiger partial charge in [0.05, 0.1) is 0 Å². The van der Waals surface area contributed by atoms with Crippen molar-refractivity contribution < 1.29 is 4.79 Å². The number of benzene rings is 2. The minimum absolute atomic E-state index is 0. The van der Waals surface area contributed by atoms with Crippen LogP contribution < -0.4 is 5.73 Å². The molecule has 0 bridgehead atoms. The fraction of sp³-hybridized carbons (Fsp3) is 0.435. The lowest BCUT2D eigenvalue weighted by Gasteiger charge is -2.42. The number of piperazine rings is 1. The van der Waals surface area contributed by atoms with Gasteiger partial charge in [-0.3, -0.25) is 9.69 Å². The van der Waals surface area contributed by atoms with Crippen LogP contribution in [0.4, 0.5) is 0 Å². The lowest BCUT2D eigenvalue weighted by molar-refractivity contribution is 0.0471. The molecule has 0 radical (unpaired) electrons. The first kappa shape index (κ1) is 26.8. The lowest BCUT2D eigenvalue weighted by Crippen LogP contribution is -2.58. The summed E-state index contributed by atoms with van der Waals surface area (Å²) in [5, 5.41) is 0. The second-order valence-corrected chi connectivity index (χ2v) is 8.14. The van der Waals surface area contributed by atoms with Crippen LogP contribution in [-0.4, -0.2) is 59.7 Å². The highest BCUT2D eigenvalue weighted by atomic mass is 35.5. The highest BCUT2D eigenvalue weighted by Crippen LogP contribution is 2.20. The van der Waals surface area contributed by atoms with Gasteiger partial charge in [0.1, 0.15) is 0 Å². The number of nitrogens with zero attached hydrogens (tertiary/aromatic N) is 2. The number of hydrogen-bond donors (Lipinski definition) is 2. The zero-order valence-corrected chi connectivity index (χ0v) is 20.2. The molecule has 3 rings (SSSR count). The van der Waals surface area contributed by atoms with E-state index in [0.717, 1.165) is 49.3 Å². The van der Waals surface area contributed by atoms with E-state index in [-0.39, 0.29) is 42.8 Å². The molecule has 4 nitrogen and oxygen atoms in total. The lowest BCUT2D eigenvalue weighted by atomic mass is 9.99. The summed E-state index contributed by atoms with van der Waals surface area (Å²) in [7, 11) is 0. The molecule has 0 aromatic heterocycles. The van der Waals surface area contributed by atoms with Crippen LogP contribution >= 0.6 is 37.4 Å². The van der Waals surface area contributed by atoms with Crippen molar-refractivity contribution in [2.45, 2.75) is 32.4 Å². The fourth-order valence-electron chi connectivity index (χ4n) is 3.91. The van der Waals surface area contributed by atoms with E-state index in [1.54, 1.807) is 0 Å². The van der Waals surface area contributed by atoms with E-state index in [0.29, 0.717) is 5.75 Å². The SMILES string of the molecule is Cc1cccc(C(=O)N2CCN(C[C@@H](N)CS)C(Cc3ccccc3)C2)c1C.Cl.Cl. The van der Waals surface area contributed by atoms with Gasteiger partial charge >= 0.3 is 0 Å². The van der Waals surface area contributed by atoms with Gasteiger partial charge in [-0.15, -0.1) is 24.8 Å². The molecule has 1 fully saturated rings. The third kappa shape index (κ3) is 6.63. The van der Waals surface area contributed by atoms with Crippen LogP contribution in [-0.2, 0) is 6.42 Å². The number of carbonyl (C=O) groups excluding carboxylic acids is 1. The quantitative estimate of drug-likeness (QED) is 0.632. The molecule has 30 heavy (non-hydrogen) atoms. The number of thiol groups is 1. The van der Waals surface area contributed by atoms with Crippen molar-refractivity contribution in [2.75, 3.05) is 31.9 Å². The van der Waals surface area contributed by atoms with E-state index in [1.807, 2.05) is 30.0 Å². The van der Waals surface area contributed by atoms with Gasteiger partial charge in [-0.05, 0) is 43.0 Å². The van der Waals surface area contributed by atoms with Crippen LogP contribution in [0.15, 0.2) is 48.5 Å². The Bertz CT molecular complexity index is 806. The molecule has 7 heteroatoms. The minimum Gasteiger partial charge on any atom is -0.336 e. The average Bonchev–Trinajstić information content (AvgIpc) is 2.71. The van der Waals surface area contributed by atoms with E-state index in [4.69, 9.17) is 5.73 Å². The van der Waals surface area contributed by atoms with Crippen LogP contribution in [0, 0.1) is 13.8 Å². The van der Waals surface area contributed by atoms with E-state index in [9.17, 15) is 4.79 Å². The van der Waals surface area contributed by atoms with Gasteiger partial charge in [0.15, 0.2) is 0 Å². The summed E-state index contributed by atoms with van der Waals surface area (Å²) in [4.78, 5) is 17.7. The van der Waals surface area contributed by atoms with E-state index < -0.39 is 0 Å². The van der Waals surface area contributed by atoms with Crippen molar-refractivity contribution in [1.82, 2.24) is 9.80 Å². The number of nitrogens with two attached hydrogens (primary N) is 1. The summed E-state index contributed by atoms with van der Waals surface area (Å²) in [6.45, 7) is 7.20. The van der Waals surface area contributed by atoms with Gasteiger partial charge in [-0.2, -0.15) is 12.6 Å². The maximum Gasteiger partial charge on any atom is 0.254 e. The Hall–Kier alpha value is -1.24. The zero-order chi connectivity index (χ0) is 20.1. The summed E-state index contributed by atoms with van der Waals surface area (Å²) < 4.78 is 0. The number of halogens is 2. The predicted molar refractivity (Wildman–Crippen MR) is 134 cm³/mol. The number of aryl methyl sites for hydroxylation is 1. The molecule has 2 aromatic carbocycles. The Morgan fingerprint density at radius 3 is 2.47 bits per heavy atom. The Kier molecular flexibility index (Phi) is 11.2. The van der Waals surface area contributed by atoms with Gasteiger partial charge in [0, 0.05) is 49.6 Å². The first-order valence-electron chi connectivity index (χ1n) is 9.99. The standard InChI is InChI=1S/C23H31N3OS.2ClH/c1-17-7-6-10-22(18(17)2)23(27)26-12-11-25(14-20(24)16-28)21(15-26)13-19-8-4-3-5-9-19;;/h3-10,20-21,28H,11-16,24H2,1-2H3;2*1H/t20-,21?;;/m1../s1. The summed E-state index contributed by atoms with van der Waals surface area (Å²) >= 11 is 4.35. The topological polar surface area (TPSA) is 49.6 Å². The van der Waals surface area contributed by atoms with E-state index in [1.165, 1.54) is 5.56 Å². The highest BCUT2D eigenvalue weighted by Gasteiger charge is 2.31. The molecule has 2 aromatic rings. The first-order chi connectivity index (χ1) is 13.5. The second kappa shape index (κ2) is 12.6. The predicted octanol–water partition coefficient (Wildman–Crippen LogP) is 3.77. The molecule has 1 saturated heterocycles. The second-order valence-electron chi connectivity index (χ2n) is 7.78. The fourth-order valence-corrected chi connectivity index (χ4v) is 4.03. The molecule has 1 aliphatic heterocycles. The van der Waals surface area contributed by atoms with Crippen molar-refractivity contribution in [3.8, 4) is 0 Å². The van der Waals surface area contributed by atoms with Crippen LogP contribution in [0.3, 0.4) is 0 Å². The van der Waals surface area contributed by atoms with Crippen LogP contribution in [0.2, 0.25) is 0 Å². The number of carbonyl (C=O) groups is 1. The van der Waals surface area contributed by atoms with Crippen molar-refractivity contribution >= 4 is 43.4 Å². The molecule has 1 amide bonds. The summed E-state index contributed by atoms with van der Waals surface area (Å²) in [6.07, 6.45) is 0.913. The summed E-state index contributed by atoms with van der Waals surface area (Å²) in [5.74, 6) is 0.803. The minimum atomic E-state index is 0. The number of amides is 1. The van der Waals surface area contributed by atoms with Gasteiger partial charge in [-0.1, -0.05) is 42.5 Å². The van der Waals surface area contributed by atoms with E-state index in [2.05, 4.69) is 54.8 Å². The van der Waals surface area contributed by atoms with Gasteiger partial charge in [0.2, 0.25) is 0 Å². The normalized spacial score (nSPS) is 17.6. The molecule has 2 atom stereocenters. The van der Waals surface area contributed by atoms with Crippen LogP contribution in [0.1, 0.15) is 27.0 Å². The maximum absolute atomic E-state index is 13.2. The van der Waals surface area contributed by atoms with E-state index >= 15 is 0 Å².